The van der Waals surface area contributed by atoms with Gasteiger partial charge in [-0.1, -0.05) is 11.5 Å². The van der Waals surface area contributed by atoms with Gasteiger partial charge in [-0.05, 0) is 13.2 Å². The minimum absolute atomic E-state index is 0.0619. The zero-order valence-corrected chi connectivity index (χ0v) is 7.51. The molecule has 0 saturated carbocycles. The summed E-state index contributed by atoms with van der Waals surface area (Å²) in [5.74, 6) is 0. The molecule has 0 aromatic carbocycles. The Morgan fingerprint density at radius 2 is 2.50 bits per heavy atom. The van der Waals surface area contributed by atoms with Gasteiger partial charge in [0.25, 0.3) is 5.56 Å². The molecule has 56 valence electrons. The van der Waals surface area contributed by atoms with Crippen LogP contribution in [0.5, 0.6) is 0 Å². The van der Waals surface area contributed by atoms with E-state index in [1.165, 1.54) is 11.5 Å². The van der Waals surface area contributed by atoms with Crippen molar-refractivity contribution in [3.63, 3.8) is 0 Å². The van der Waals surface area contributed by atoms with Crippen LogP contribution in [-0.2, 0) is 0 Å². The fourth-order valence-corrected chi connectivity index (χ4v) is 1.90. The fourth-order valence-electron chi connectivity index (χ4n) is 0.666. The lowest BCUT2D eigenvalue weighted by Crippen LogP contribution is -2.05. The van der Waals surface area contributed by atoms with Gasteiger partial charge in [0, 0.05) is 16.2 Å². The molecule has 10 heavy (non-hydrogen) atoms. The van der Waals surface area contributed by atoms with E-state index in [2.05, 4.69) is 4.37 Å². The van der Waals surface area contributed by atoms with Crippen LogP contribution in [0.4, 0.5) is 0 Å². The van der Waals surface area contributed by atoms with Crippen LogP contribution in [0.25, 0.3) is 0 Å². The summed E-state index contributed by atoms with van der Waals surface area (Å²) in [5.41, 5.74) is 0.948. The van der Waals surface area contributed by atoms with Gasteiger partial charge in [-0.3, -0.25) is 9.17 Å². The van der Waals surface area contributed by atoms with Gasteiger partial charge >= 0.3 is 0 Å². The first-order valence-electron chi connectivity index (χ1n) is 2.94. The SMILES string of the molecule is CSC(C)c1cs[nH]c1=O. The number of thioether (sulfide) groups is 1. The highest BCUT2D eigenvalue weighted by molar-refractivity contribution is 7.98. The maximum absolute atomic E-state index is 11.0. The number of nitrogens with one attached hydrogen (secondary N) is 1. The largest absolute Gasteiger partial charge is 0.277 e. The second-order valence-electron chi connectivity index (χ2n) is 2.00. The molecule has 1 rings (SSSR count). The van der Waals surface area contributed by atoms with Gasteiger partial charge in [0.1, 0.15) is 0 Å². The molecule has 1 N–H and O–H groups in total. The monoisotopic (exact) mass is 175 g/mol. The van der Waals surface area contributed by atoms with Crippen LogP contribution >= 0.6 is 23.3 Å². The highest BCUT2D eigenvalue weighted by atomic mass is 32.2. The van der Waals surface area contributed by atoms with Crippen molar-refractivity contribution in [1.82, 2.24) is 4.37 Å². The van der Waals surface area contributed by atoms with Crippen molar-refractivity contribution in [3.05, 3.63) is 21.3 Å². The van der Waals surface area contributed by atoms with Crippen LogP contribution in [-0.4, -0.2) is 10.6 Å². The summed E-state index contributed by atoms with van der Waals surface area (Å²) in [7, 11) is 0. The third-order valence-corrected chi connectivity index (χ3v) is 3.03. The normalized spacial score (nSPS) is 13.4. The first-order chi connectivity index (χ1) is 4.75. The Labute approximate surface area is 67.8 Å². The number of hydrogen-bond donors (Lipinski definition) is 1. The van der Waals surface area contributed by atoms with Crippen molar-refractivity contribution in [2.75, 3.05) is 6.26 Å². The Balaban J connectivity index is 2.93. The summed E-state index contributed by atoms with van der Waals surface area (Å²) in [6.07, 6.45) is 2.00. The number of aromatic amines is 1. The van der Waals surface area contributed by atoms with E-state index in [-0.39, 0.29) is 5.56 Å². The third kappa shape index (κ3) is 1.44. The van der Waals surface area contributed by atoms with Gasteiger partial charge < -0.3 is 0 Å². The molecule has 0 fully saturated rings. The van der Waals surface area contributed by atoms with Crippen molar-refractivity contribution in [2.45, 2.75) is 12.2 Å². The van der Waals surface area contributed by atoms with Crippen molar-refractivity contribution >= 4 is 23.3 Å². The molecule has 1 aromatic heterocycles. The van der Waals surface area contributed by atoms with Crippen LogP contribution in [0.15, 0.2) is 10.2 Å². The second-order valence-corrected chi connectivity index (χ2v) is 3.85. The first-order valence-corrected chi connectivity index (χ1v) is 5.11. The molecule has 1 aromatic rings. The number of rotatable bonds is 2. The molecule has 0 spiro atoms. The van der Waals surface area contributed by atoms with Crippen molar-refractivity contribution in [2.24, 2.45) is 0 Å². The van der Waals surface area contributed by atoms with Crippen molar-refractivity contribution < 1.29 is 0 Å². The standard InChI is InChI=1S/C6H9NOS2/c1-4(9-2)5-3-10-7-6(5)8/h3-4H,1-2H3,(H,7,8). The predicted molar refractivity (Wildman–Crippen MR) is 46.9 cm³/mol. The van der Waals surface area contributed by atoms with Crippen LogP contribution in [0.2, 0.25) is 0 Å². The zero-order chi connectivity index (χ0) is 7.56. The minimum atomic E-state index is 0.0619. The maximum Gasteiger partial charge on any atom is 0.262 e. The molecule has 0 aliphatic rings. The molecule has 4 heteroatoms. The van der Waals surface area contributed by atoms with Gasteiger partial charge in [-0.15, -0.1) is 0 Å². The molecular formula is C6H9NOS2. The number of hydrogen-bond acceptors (Lipinski definition) is 3. The van der Waals surface area contributed by atoms with E-state index in [0.29, 0.717) is 5.25 Å². The molecule has 0 aliphatic heterocycles. The Hall–Kier alpha value is -0.220. The number of aromatic nitrogens is 1. The minimum Gasteiger partial charge on any atom is -0.277 e. The summed E-state index contributed by atoms with van der Waals surface area (Å²) in [4.78, 5) is 11.0. The topological polar surface area (TPSA) is 32.9 Å². The van der Waals surface area contributed by atoms with E-state index in [1.807, 2.05) is 18.6 Å². The lowest BCUT2D eigenvalue weighted by molar-refractivity contribution is 1.08. The summed E-state index contributed by atoms with van der Waals surface area (Å²) in [6.45, 7) is 2.03. The Kier molecular flexibility index (Phi) is 2.56. The molecule has 0 saturated heterocycles. The van der Waals surface area contributed by atoms with Gasteiger partial charge in [0.05, 0.1) is 0 Å². The van der Waals surface area contributed by atoms with E-state index in [0.717, 1.165) is 5.56 Å². The van der Waals surface area contributed by atoms with E-state index < -0.39 is 0 Å². The average molecular weight is 175 g/mol. The lowest BCUT2D eigenvalue weighted by Gasteiger charge is -2.00. The fraction of sp³-hybridized carbons (Fsp3) is 0.500. The number of H-pyrrole nitrogens is 1. The molecule has 2 nitrogen and oxygen atoms in total. The van der Waals surface area contributed by atoms with Crippen molar-refractivity contribution in [1.29, 1.82) is 0 Å². The third-order valence-electron chi connectivity index (χ3n) is 1.39. The quantitative estimate of drug-likeness (QED) is 0.744. The average Bonchev–Trinajstić information content (AvgIpc) is 2.34. The summed E-state index contributed by atoms with van der Waals surface area (Å²) in [5, 5.41) is 2.19. The van der Waals surface area contributed by atoms with Gasteiger partial charge in [0.15, 0.2) is 0 Å². The Morgan fingerprint density at radius 1 is 1.80 bits per heavy atom. The van der Waals surface area contributed by atoms with Crippen LogP contribution in [0.1, 0.15) is 17.7 Å². The second kappa shape index (κ2) is 3.25. The van der Waals surface area contributed by atoms with E-state index in [1.54, 1.807) is 11.8 Å². The molecular weight excluding hydrogens is 166 g/mol. The lowest BCUT2D eigenvalue weighted by atomic mass is 10.3. The molecule has 0 amide bonds. The smallest absolute Gasteiger partial charge is 0.262 e. The predicted octanol–water partition coefficient (Wildman–Crippen LogP) is 1.86. The van der Waals surface area contributed by atoms with E-state index in [9.17, 15) is 4.79 Å². The summed E-state index contributed by atoms with van der Waals surface area (Å²) < 4.78 is 2.66. The molecule has 1 atom stereocenters. The molecule has 0 aliphatic carbocycles. The molecule has 0 radical (unpaired) electrons. The molecule has 1 unspecified atom stereocenters. The highest BCUT2D eigenvalue weighted by Gasteiger charge is 2.07. The maximum atomic E-state index is 11.0. The summed E-state index contributed by atoms with van der Waals surface area (Å²) >= 11 is 3.04. The van der Waals surface area contributed by atoms with Crippen molar-refractivity contribution in [3.8, 4) is 0 Å². The molecule has 1 heterocycles. The summed E-state index contributed by atoms with van der Waals surface area (Å²) in [6, 6.07) is 0. The van der Waals surface area contributed by atoms with E-state index in [4.69, 9.17) is 0 Å². The van der Waals surface area contributed by atoms with E-state index >= 15 is 0 Å². The first kappa shape index (κ1) is 7.88. The van der Waals surface area contributed by atoms with Gasteiger partial charge in [0.2, 0.25) is 0 Å². The highest BCUT2D eigenvalue weighted by Crippen LogP contribution is 2.22. The van der Waals surface area contributed by atoms with Gasteiger partial charge in [-0.2, -0.15) is 11.8 Å². The molecule has 0 bridgehead atoms. The van der Waals surface area contributed by atoms with Gasteiger partial charge in [-0.25, -0.2) is 0 Å². The van der Waals surface area contributed by atoms with Crippen LogP contribution in [0, 0.1) is 0 Å². The van der Waals surface area contributed by atoms with Crippen LogP contribution in [0.3, 0.4) is 0 Å². The Bertz CT molecular complexity index is 252. The Morgan fingerprint density at radius 3 is 2.90 bits per heavy atom. The zero-order valence-electron chi connectivity index (χ0n) is 5.88. The van der Waals surface area contributed by atoms with Crippen LogP contribution < -0.4 is 5.56 Å².